The molecule has 8 heteroatoms. The second-order valence-electron chi connectivity index (χ2n) is 6.83. The zero-order chi connectivity index (χ0) is 22.1. The van der Waals surface area contributed by atoms with Crippen molar-refractivity contribution in [2.45, 2.75) is 0 Å². The van der Waals surface area contributed by atoms with Crippen molar-refractivity contribution in [1.82, 2.24) is 9.55 Å². The van der Waals surface area contributed by atoms with Crippen LogP contribution in [0.3, 0.4) is 0 Å². The Kier molecular flexibility index (Phi) is 4.93. The van der Waals surface area contributed by atoms with Gasteiger partial charge in [0.05, 0.1) is 11.0 Å². The number of ether oxygens (including phenoxy) is 1. The molecule has 0 saturated heterocycles. The third kappa shape index (κ3) is 3.38. The Morgan fingerprint density at radius 3 is 2.52 bits per heavy atom. The lowest BCUT2D eigenvalue weighted by Crippen LogP contribution is -2.10. The zero-order valence-electron chi connectivity index (χ0n) is 16.4. The van der Waals surface area contributed by atoms with Crippen LogP contribution in [0.2, 0.25) is 0 Å². The molecule has 0 spiro atoms. The van der Waals surface area contributed by atoms with Gasteiger partial charge in [-0.1, -0.05) is 36.4 Å². The van der Waals surface area contributed by atoms with Crippen molar-refractivity contribution in [3.8, 4) is 17.6 Å². The molecular formula is C23H17N3O5. The molecule has 4 rings (SSSR count). The number of aromatic hydroxyl groups is 2. The molecule has 1 aromatic heterocycles. The monoisotopic (exact) mass is 415 g/mol. The number of rotatable bonds is 4. The summed E-state index contributed by atoms with van der Waals surface area (Å²) >= 11 is 0. The van der Waals surface area contributed by atoms with Gasteiger partial charge >= 0.3 is 5.97 Å². The Balaban J connectivity index is 1.63. The number of allylic oxidation sites excluding steroid dienone is 1. The van der Waals surface area contributed by atoms with Crippen molar-refractivity contribution in [3.63, 3.8) is 0 Å². The first-order chi connectivity index (χ1) is 14.9. The number of hydrogen-bond acceptors (Lipinski definition) is 7. The van der Waals surface area contributed by atoms with Crippen LogP contribution in [-0.4, -0.2) is 37.4 Å². The van der Waals surface area contributed by atoms with Crippen molar-refractivity contribution in [2.24, 2.45) is 7.05 Å². The quantitative estimate of drug-likeness (QED) is 0.200. The number of hydrogen-bond donors (Lipinski definition) is 3. The molecule has 0 aliphatic heterocycles. The number of benzene rings is 3. The summed E-state index contributed by atoms with van der Waals surface area (Å²) in [5, 5.41) is 41.2. The molecule has 0 radical (unpaired) electrons. The summed E-state index contributed by atoms with van der Waals surface area (Å²) in [5.41, 5.74) is 1.02. The van der Waals surface area contributed by atoms with Gasteiger partial charge in [-0.3, -0.25) is 0 Å². The van der Waals surface area contributed by atoms with E-state index in [0.717, 1.165) is 11.6 Å². The Labute approximate surface area is 176 Å². The molecule has 0 fully saturated rings. The number of nitriles is 1. The predicted octanol–water partition coefficient (Wildman–Crippen LogP) is 3.79. The van der Waals surface area contributed by atoms with Crippen LogP contribution >= 0.6 is 0 Å². The normalized spacial score (nSPS) is 11.9. The van der Waals surface area contributed by atoms with Crippen molar-refractivity contribution in [1.29, 1.82) is 5.26 Å². The summed E-state index contributed by atoms with van der Waals surface area (Å²) in [6.07, 6.45) is 0. The molecule has 31 heavy (non-hydrogen) atoms. The van der Waals surface area contributed by atoms with Crippen LogP contribution in [-0.2, 0) is 11.8 Å². The second kappa shape index (κ2) is 7.72. The summed E-state index contributed by atoms with van der Waals surface area (Å²) in [6, 6.07) is 16.7. The first-order valence-corrected chi connectivity index (χ1v) is 9.27. The maximum Gasteiger partial charge on any atom is 0.342 e. The van der Waals surface area contributed by atoms with Gasteiger partial charge in [-0.15, -0.1) is 0 Å². The third-order valence-corrected chi connectivity index (χ3v) is 4.97. The molecule has 0 amide bonds. The highest BCUT2D eigenvalue weighted by atomic mass is 16.5. The van der Waals surface area contributed by atoms with Crippen LogP contribution < -0.4 is 0 Å². The minimum absolute atomic E-state index is 0.142. The number of imidazole rings is 1. The number of para-hydroxylation sites is 2. The number of carbonyl (C=O) groups is 1. The van der Waals surface area contributed by atoms with Gasteiger partial charge in [0.15, 0.2) is 11.6 Å². The van der Waals surface area contributed by atoms with Crippen molar-refractivity contribution in [3.05, 3.63) is 71.7 Å². The first-order valence-electron chi connectivity index (χ1n) is 9.27. The van der Waals surface area contributed by atoms with E-state index in [1.54, 1.807) is 41.9 Å². The topological polar surface area (TPSA) is 129 Å². The standard InChI is InChI=1S/C23H17N3O5/c1-26-18-9-5-4-8-17(18)25-22(26)16(11-24)20(28)12-31-23(30)15-10-19(27)13-6-2-3-7-14(13)21(15)29/h2-10,27-29H,12H2,1H3/b20-16-. The minimum atomic E-state index is -0.965. The maximum absolute atomic E-state index is 12.5. The summed E-state index contributed by atoms with van der Waals surface area (Å²) in [7, 11) is 1.71. The summed E-state index contributed by atoms with van der Waals surface area (Å²) in [4.78, 5) is 16.8. The Morgan fingerprint density at radius 1 is 1.13 bits per heavy atom. The highest BCUT2D eigenvalue weighted by Gasteiger charge is 2.21. The number of phenols is 2. The van der Waals surface area contributed by atoms with Gasteiger partial charge in [-0.05, 0) is 18.2 Å². The fourth-order valence-corrected chi connectivity index (χ4v) is 3.39. The van der Waals surface area contributed by atoms with E-state index >= 15 is 0 Å². The molecule has 0 unspecified atom stereocenters. The molecule has 0 atom stereocenters. The molecular weight excluding hydrogens is 398 g/mol. The number of fused-ring (bicyclic) bond motifs is 2. The van der Waals surface area contributed by atoms with Crippen LogP contribution in [0.4, 0.5) is 0 Å². The maximum atomic E-state index is 12.5. The van der Waals surface area contributed by atoms with Crippen molar-refractivity contribution >= 4 is 33.3 Å². The van der Waals surface area contributed by atoms with Gasteiger partial charge < -0.3 is 24.6 Å². The van der Waals surface area contributed by atoms with Crippen LogP contribution in [0, 0.1) is 11.3 Å². The van der Waals surface area contributed by atoms with Gasteiger partial charge in [0.2, 0.25) is 0 Å². The van der Waals surface area contributed by atoms with Gasteiger partial charge in [0.1, 0.15) is 35.3 Å². The Hall–Kier alpha value is -4.51. The van der Waals surface area contributed by atoms with Gasteiger partial charge in [0.25, 0.3) is 0 Å². The largest absolute Gasteiger partial charge is 0.507 e. The van der Waals surface area contributed by atoms with Gasteiger partial charge in [0, 0.05) is 17.8 Å². The van der Waals surface area contributed by atoms with Crippen LogP contribution in [0.5, 0.6) is 11.5 Å². The smallest absolute Gasteiger partial charge is 0.342 e. The first kappa shape index (κ1) is 19.8. The number of aliphatic hydroxyl groups is 1. The van der Waals surface area contributed by atoms with E-state index in [4.69, 9.17) is 4.74 Å². The summed E-state index contributed by atoms with van der Waals surface area (Å²) in [6.45, 7) is -0.613. The van der Waals surface area contributed by atoms with E-state index in [-0.39, 0.29) is 33.8 Å². The molecule has 0 aliphatic carbocycles. The van der Waals surface area contributed by atoms with E-state index in [1.165, 1.54) is 0 Å². The molecule has 3 N–H and O–H groups in total. The SMILES string of the molecule is Cn1c(/C(C#N)=C(\O)COC(=O)c2cc(O)c3ccccc3c2O)nc2ccccc21. The third-order valence-electron chi connectivity index (χ3n) is 4.97. The number of aliphatic hydroxyl groups excluding tert-OH is 1. The van der Waals surface area contributed by atoms with E-state index < -0.39 is 18.3 Å². The number of carbonyl (C=O) groups excluding carboxylic acids is 1. The zero-order valence-corrected chi connectivity index (χ0v) is 16.4. The average Bonchev–Trinajstić information content (AvgIpc) is 3.11. The van der Waals surface area contributed by atoms with Crippen molar-refractivity contribution < 1.29 is 24.9 Å². The molecule has 1 heterocycles. The number of nitrogens with zero attached hydrogens (tertiary/aromatic N) is 3. The second-order valence-corrected chi connectivity index (χ2v) is 6.83. The highest BCUT2D eigenvalue weighted by Crippen LogP contribution is 2.35. The molecule has 0 bridgehead atoms. The number of phenolic OH excluding ortho intramolecular Hbond substituents is 2. The van der Waals surface area contributed by atoms with Crippen LogP contribution in [0.1, 0.15) is 16.2 Å². The number of aryl methyl sites for hydroxylation is 1. The van der Waals surface area contributed by atoms with Crippen LogP contribution in [0.25, 0.3) is 27.4 Å². The van der Waals surface area contributed by atoms with Crippen LogP contribution in [0.15, 0.2) is 60.4 Å². The summed E-state index contributed by atoms with van der Waals surface area (Å²) in [5.74, 6) is -1.77. The average molecular weight is 415 g/mol. The number of esters is 1. The van der Waals surface area contributed by atoms with Gasteiger partial charge in [-0.25, -0.2) is 9.78 Å². The van der Waals surface area contributed by atoms with E-state index in [0.29, 0.717) is 10.9 Å². The highest BCUT2D eigenvalue weighted by molar-refractivity contribution is 6.03. The fraction of sp³-hybridized carbons (Fsp3) is 0.0870. The predicted molar refractivity (Wildman–Crippen MR) is 113 cm³/mol. The van der Waals surface area contributed by atoms with E-state index in [2.05, 4.69) is 4.98 Å². The Bertz CT molecular complexity index is 1410. The molecule has 154 valence electrons. The molecule has 8 nitrogen and oxygen atoms in total. The fourth-order valence-electron chi connectivity index (χ4n) is 3.39. The minimum Gasteiger partial charge on any atom is -0.507 e. The molecule has 3 aromatic carbocycles. The Morgan fingerprint density at radius 2 is 1.81 bits per heavy atom. The number of aromatic nitrogens is 2. The molecule has 0 saturated carbocycles. The lowest BCUT2D eigenvalue weighted by atomic mass is 10.0. The lowest BCUT2D eigenvalue weighted by molar-refractivity contribution is 0.0499. The summed E-state index contributed by atoms with van der Waals surface area (Å²) < 4.78 is 6.74. The van der Waals surface area contributed by atoms with E-state index in [1.807, 2.05) is 24.3 Å². The molecule has 0 aliphatic rings. The van der Waals surface area contributed by atoms with E-state index in [9.17, 15) is 25.4 Å². The van der Waals surface area contributed by atoms with Crippen molar-refractivity contribution in [2.75, 3.05) is 6.61 Å². The van der Waals surface area contributed by atoms with Gasteiger partial charge in [-0.2, -0.15) is 5.26 Å². The molecule has 4 aromatic rings. The lowest BCUT2D eigenvalue weighted by Gasteiger charge is -2.10.